The van der Waals surface area contributed by atoms with Gasteiger partial charge in [0.2, 0.25) is 0 Å². The highest BCUT2D eigenvalue weighted by Gasteiger charge is 2.48. The van der Waals surface area contributed by atoms with Gasteiger partial charge in [0.1, 0.15) is 0 Å². The molecule has 0 fully saturated rings. The Bertz CT molecular complexity index is 5680. The zero-order valence-corrected chi connectivity index (χ0v) is 62.0. The molecule has 15 aromatic rings. The molecule has 0 aliphatic heterocycles. The molecule has 0 N–H and O–H groups in total. The minimum absolute atomic E-state index is 0.632. The van der Waals surface area contributed by atoms with Gasteiger partial charge in [0.25, 0.3) is 0 Å². The second-order valence-electron chi connectivity index (χ2n) is 27.8. The molecule has 2 aliphatic carbocycles. The monoisotopic (exact) mass is 1440 g/mol. The van der Waals surface area contributed by atoms with Crippen LogP contribution in [0.15, 0.2) is 419 Å². The van der Waals surface area contributed by atoms with Gasteiger partial charge >= 0.3 is 0 Å². The molecule has 2 atom stereocenters. The van der Waals surface area contributed by atoms with Gasteiger partial charge < -0.3 is 18.3 Å². The summed E-state index contributed by atoms with van der Waals surface area (Å²) in [6.45, 7) is 2.13. The van der Waals surface area contributed by atoms with Gasteiger partial charge in [0, 0.05) is 58.3 Å². The zero-order valence-electron chi connectivity index (χ0n) is 58.5. The minimum atomic E-state index is -3.35. The average molecular weight is 1440 g/mol. The highest BCUT2D eigenvalue weighted by Crippen LogP contribution is 2.61. The van der Waals surface area contributed by atoms with E-state index in [1.165, 1.54) is 0 Å². The summed E-state index contributed by atoms with van der Waals surface area (Å²) < 4.78 is 64.5. The van der Waals surface area contributed by atoms with E-state index in [9.17, 15) is 0 Å². The van der Waals surface area contributed by atoms with Crippen molar-refractivity contribution in [2.75, 3.05) is 0 Å². The quantitative estimate of drug-likeness (QED) is 0.0803. The zero-order chi connectivity index (χ0) is 71.9. The summed E-state index contributed by atoms with van der Waals surface area (Å²) in [4.78, 5) is 0. The standard InChI is InChI=1S/C98H74O4P4/c1-97(64-28-9-29-65-97)106(102,91-42-22-8-23-43-91)92-62-54-75(55-63-92)79-67-78(74-52-60-90(61-53-74)105(101,86-38-18-6-19-39-86)87-40-20-7-21-41-87)70-81(71-79)98(95-46-26-24-44-93(95)94-45-25-27-47-96(94)98)80-68-76(72-48-56-88(57-49-72)103(99,82-30-10-2-11-31-82)83-32-12-3-13-33-83)66-77(69-80)73-50-58-89(59-51-73)104(100,84-34-14-4-15-35-84)85-36-16-5-17-37-85/h2-64,66-71H,65H2,1H3. The molecule has 2 aliphatic rings. The second kappa shape index (κ2) is 28.0. The summed E-state index contributed by atoms with van der Waals surface area (Å²) in [7, 11) is -13.4. The molecular formula is C98H74O4P4. The third-order valence-electron chi connectivity index (χ3n) is 21.7. The van der Waals surface area contributed by atoms with Gasteiger partial charge in [0.05, 0.1) is 10.6 Å². The Hall–Kier alpha value is -11.3. The molecule has 4 nitrogen and oxygen atoms in total. The van der Waals surface area contributed by atoms with Gasteiger partial charge in [-0.2, -0.15) is 0 Å². The van der Waals surface area contributed by atoms with Crippen LogP contribution < -0.4 is 58.3 Å². The number of fused-ring (bicyclic) bond motifs is 3. The van der Waals surface area contributed by atoms with E-state index >= 15 is 18.3 Å². The highest BCUT2D eigenvalue weighted by atomic mass is 31.2. The molecule has 15 aromatic carbocycles. The first-order chi connectivity index (χ1) is 51.9. The molecule has 2 unspecified atom stereocenters. The SMILES string of the molecule is CC1(P(=O)(c2ccccc2)c2ccc(-c3cc(-c4ccc(P(=O)(c5ccccc5)c5ccccc5)cc4)cc(C4(c5cc(-c6ccc(P(=O)(c7ccccc7)c7ccccc7)cc6)cc(-c6ccc(P(=O)(c7ccccc7)c7ccccc7)cc6)c5)c5ccccc5-c5ccccc54)c3)cc2)C=CC=CC1. The largest absolute Gasteiger partial charge is 0.313 e. The third-order valence-corrected chi connectivity index (χ3v) is 34.8. The van der Waals surface area contributed by atoms with Crippen molar-refractivity contribution < 1.29 is 18.3 Å². The molecule has 106 heavy (non-hydrogen) atoms. The normalized spacial score (nSPS) is 15.1. The number of rotatable bonds is 18. The van der Waals surface area contributed by atoms with Crippen LogP contribution in [0.1, 0.15) is 35.6 Å². The van der Waals surface area contributed by atoms with Crippen LogP contribution in [-0.2, 0) is 23.7 Å². The topological polar surface area (TPSA) is 68.3 Å². The van der Waals surface area contributed by atoms with Gasteiger partial charge in [-0.15, -0.1) is 0 Å². The number of hydrogen-bond donors (Lipinski definition) is 0. The van der Waals surface area contributed by atoms with E-state index in [4.69, 9.17) is 0 Å². The van der Waals surface area contributed by atoms with Crippen molar-refractivity contribution in [3.63, 3.8) is 0 Å². The van der Waals surface area contributed by atoms with E-state index in [2.05, 4.69) is 165 Å². The van der Waals surface area contributed by atoms with Gasteiger partial charge in [-0.25, -0.2) is 0 Å². The van der Waals surface area contributed by atoms with Crippen molar-refractivity contribution >= 4 is 86.9 Å². The van der Waals surface area contributed by atoms with E-state index in [1.54, 1.807) is 0 Å². The highest BCUT2D eigenvalue weighted by molar-refractivity contribution is 7.86. The molecule has 0 saturated carbocycles. The fourth-order valence-electron chi connectivity index (χ4n) is 16.3. The molecule has 0 amide bonds. The van der Waals surface area contributed by atoms with Crippen LogP contribution in [0.25, 0.3) is 55.6 Å². The number of benzene rings is 15. The predicted molar refractivity (Wildman–Crippen MR) is 448 cm³/mol. The van der Waals surface area contributed by atoms with Gasteiger partial charge in [0.15, 0.2) is 28.6 Å². The maximum Gasteiger partial charge on any atom is 0.171 e. The summed E-state index contributed by atoms with van der Waals surface area (Å²) in [6, 6.07) is 134. The molecular weight excluding hydrogens is 1360 g/mol. The molecule has 0 heterocycles. The van der Waals surface area contributed by atoms with Crippen molar-refractivity contribution in [1.29, 1.82) is 0 Å². The lowest BCUT2D eigenvalue weighted by Crippen LogP contribution is -2.34. The minimum Gasteiger partial charge on any atom is -0.313 e. The van der Waals surface area contributed by atoms with E-state index in [0.29, 0.717) is 6.42 Å². The van der Waals surface area contributed by atoms with Crippen LogP contribution in [0.5, 0.6) is 0 Å². The van der Waals surface area contributed by atoms with Crippen molar-refractivity contribution in [2.24, 2.45) is 0 Å². The van der Waals surface area contributed by atoms with Crippen LogP contribution in [0.3, 0.4) is 0 Å². The molecule has 0 radical (unpaired) electrons. The van der Waals surface area contributed by atoms with E-state index in [0.717, 1.165) is 136 Å². The second-order valence-corrected chi connectivity index (χ2v) is 39.3. The van der Waals surface area contributed by atoms with Gasteiger partial charge in [-0.05, 0) is 128 Å². The summed E-state index contributed by atoms with van der Waals surface area (Å²) in [5, 5.41) is 7.67. The van der Waals surface area contributed by atoms with Gasteiger partial charge in [-0.3, -0.25) is 0 Å². The third kappa shape index (κ3) is 11.6. The first-order valence-electron chi connectivity index (χ1n) is 36.0. The van der Waals surface area contributed by atoms with E-state index < -0.39 is 39.1 Å². The lowest BCUT2D eigenvalue weighted by Gasteiger charge is -2.37. The number of hydrogen-bond acceptors (Lipinski definition) is 4. The van der Waals surface area contributed by atoms with Crippen LogP contribution in [-0.4, -0.2) is 5.16 Å². The molecule has 510 valence electrons. The lowest BCUT2D eigenvalue weighted by molar-refractivity contribution is 0.565. The molecule has 8 heteroatoms. The fourth-order valence-corrected chi connectivity index (χ4v) is 27.6. The summed E-state index contributed by atoms with van der Waals surface area (Å²) in [5.74, 6) is 0. The Morgan fingerprint density at radius 2 is 0.472 bits per heavy atom. The van der Waals surface area contributed by atoms with Crippen molar-refractivity contribution in [3.8, 4) is 55.6 Å². The Kier molecular flexibility index (Phi) is 17.9. The Morgan fingerprint density at radius 3 is 0.745 bits per heavy atom. The summed E-state index contributed by atoms with van der Waals surface area (Å²) in [6.07, 6.45) is 8.96. The Balaban J connectivity index is 0.908. The smallest absolute Gasteiger partial charge is 0.171 e. The van der Waals surface area contributed by atoms with Crippen LogP contribution >= 0.6 is 28.6 Å². The van der Waals surface area contributed by atoms with Crippen molar-refractivity contribution in [2.45, 2.75) is 23.9 Å². The van der Waals surface area contributed by atoms with Crippen LogP contribution in [0.2, 0.25) is 0 Å². The van der Waals surface area contributed by atoms with Crippen LogP contribution in [0, 0.1) is 0 Å². The summed E-state index contributed by atoms with van der Waals surface area (Å²) >= 11 is 0. The van der Waals surface area contributed by atoms with E-state index in [-0.39, 0.29) is 0 Å². The molecule has 0 spiro atoms. The van der Waals surface area contributed by atoms with Crippen molar-refractivity contribution in [3.05, 3.63) is 441 Å². The maximum absolute atomic E-state index is 16.4. The van der Waals surface area contributed by atoms with E-state index in [1.807, 2.05) is 261 Å². The maximum atomic E-state index is 16.4. The Labute approximate surface area is 621 Å². The lowest BCUT2D eigenvalue weighted by atomic mass is 9.66. The first-order valence-corrected chi connectivity index (χ1v) is 42.8. The van der Waals surface area contributed by atoms with Crippen molar-refractivity contribution in [1.82, 2.24) is 0 Å². The van der Waals surface area contributed by atoms with Crippen LogP contribution in [0.4, 0.5) is 0 Å². The molecule has 0 aromatic heterocycles. The molecule has 17 rings (SSSR count). The number of allylic oxidation sites excluding steroid dienone is 4. The first kappa shape index (κ1) is 67.8. The molecule has 0 bridgehead atoms. The average Bonchev–Trinajstić information content (AvgIpc) is 1.51. The summed E-state index contributed by atoms with van der Waals surface area (Å²) in [5.41, 5.74) is 13.0. The Morgan fingerprint density at radius 1 is 0.236 bits per heavy atom. The van der Waals surface area contributed by atoms with Gasteiger partial charge in [-0.1, -0.05) is 382 Å². The molecule has 0 saturated heterocycles. The fraction of sp³-hybridized carbons (Fsp3) is 0.0408. The predicted octanol–water partition coefficient (Wildman–Crippen LogP) is 20.2.